The second-order valence-corrected chi connectivity index (χ2v) is 5.88. The number of aromatic nitrogens is 3. The zero-order valence-corrected chi connectivity index (χ0v) is 11.9. The number of imidazole rings is 1. The molecule has 0 spiro atoms. The van der Waals surface area contributed by atoms with Crippen molar-refractivity contribution in [2.75, 3.05) is 0 Å². The van der Waals surface area contributed by atoms with Gasteiger partial charge in [-0.1, -0.05) is 6.07 Å². The van der Waals surface area contributed by atoms with Gasteiger partial charge in [-0.05, 0) is 26.0 Å². The van der Waals surface area contributed by atoms with E-state index < -0.39 is 5.97 Å². The summed E-state index contributed by atoms with van der Waals surface area (Å²) >= 11 is 1.64. The monoisotopic (exact) mass is 287 g/mol. The number of rotatable bonds is 3. The summed E-state index contributed by atoms with van der Waals surface area (Å²) in [6.07, 6.45) is 3.52. The van der Waals surface area contributed by atoms with E-state index in [0.717, 1.165) is 15.4 Å². The first kappa shape index (κ1) is 12.8. The molecule has 0 saturated carbocycles. The number of para-hydroxylation sites is 1. The Hall–Kier alpha value is -2.21. The highest BCUT2D eigenvalue weighted by Crippen LogP contribution is 2.27. The quantitative estimate of drug-likeness (QED) is 0.803. The standard InChI is InChI=1S/C14H13N3O2S/c1-8-6-15-13(20-8)9(2)17-7-16-12-10(14(18)19)4-3-5-11(12)17/h3-7,9H,1-2H3,(H,18,19). The van der Waals surface area contributed by atoms with Crippen molar-refractivity contribution >= 4 is 28.3 Å². The third-order valence-electron chi connectivity index (χ3n) is 3.25. The Morgan fingerprint density at radius 1 is 1.40 bits per heavy atom. The normalized spacial score (nSPS) is 12.7. The summed E-state index contributed by atoms with van der Waals surface area (Å²) in [5.41, 5.74) is 1.55. The highest BCUT2D eigenvalue weighted by Gasteiger charge is 2.17. The van der Waals surface area contributed by atoms with Crippen LogP contribution in [0.1, 0.15) is 33.2 Å². The lowest BCUT2D eigenvalue weighted by Gasteiger charge is -2.11. The van der Waals surface area contributed by atoms with Gasteiger partial charge >= 0.3 is 5.97 Å². The number of benzene rings is 1. The molecule has 1 aromatic carbocycles. The minimum absolute atomic E-state index is 0.0303. The van der Waals surface area contributed by atoms with Gasteiger partial charge in [-0.3, -0.25) is 0 Å². The minimum Gasteiger partial charge on any atom is -0.478 e. The van der Waals surface area contributed by atoms with Gasteiger partial charge in [0.25, 0.3) is 0 Å². The molecule has 0 amide bonds. The molecule has 3 aromatic rings. The fourth-order valence-electron chi connectivity index (χ4n) is 2.22. The van der Waals surface area contributed by atoms with Crippen molar-refractivity contribution in [2.24, 2.45) is 0 Å². The van der Waals surface area contributed by atoms with E-state index in [4.69, 9.17) is 0 Å². The first-order valence-corrected chi connectivity index (χ1v) is 7.00. The van der Waals surface area contributed by atoms with Crippen LogP contribution in [0.5, 0.6) is 0 Å². The lowest BCUT2D eigenvalue weighted by Crippen LogP contribution is -2.05. The molecule has 0 aliphatic carbocycles. The lowest BCUT2D eigenvalue weighted by atomic mass is 10.2. The van der Waals surface area contributed by atoms with Crippen molar-refractivity contribution in [1.29, 1.82) is 0 Å². The molecule has 102 valence electrons. The molecular weight excluding hydrogens is 274 g/mol. The van der Waals surface area contributed by atoms with Gasteiger partial charge in [-0.15, -0.1) is 11.3 Å². The van der Waals surface area contributed by atoms with E-state index in [1.807, 2.05) is 30.7 Å². The molecule has 0 radical (unpaired) electrons. The van der Waals surface area contributed by atoms with E-state index in [0.29, 0.717) is 5.52 Å². The number of aryl methyl sites for hydroxylation is 1. The Kier molecular flexibility index (Phi) is 3.02. The summed E-state index contributed by atoms with van der Waals surface area (Å²) in [4.78, 5) is 21.0. The maximum absolute atomic E-state index is 11.2. The van der Waals surface area contributed by atoms with Crippen LogP contribution >= 0.6 is 11.3 Å². The number of hydrogen-bond acceptors (Lipinski definition) is 4. The van der Waals surface area contributed by atoms with E-state index >= 15 is 0 Å². The molecule has 2 aromatic heterocycles. The minimum atomic E-state index is -0.960. The van der Waals surface area contributed by atoms with Crippen LogP contribution in [0.25, 0.3) is 11.0 Å². The highest BCUT2D eigenvalue weighted by atomic mass is 32.1. The Labute approximate surface area is 119 Å². The predicted octanol–water partition coefficient (Wildman–Crippen LogP) is 3.11. The first-order valence-electron chi connectivity index (χ1n) is 6.19. The lowest BCUT2D eigenvalue weighted by molar-refractivity contribution is 0.0699. The van der Waals surface area contributed by atoms with Gasteiger partial charge in [0.1, 0.15) is 10.5 Å². The molecule has 3 rings (SSSR count). The average Bonchev–Trinajstić information content (AvgIpc) is 3.03. The third-order valence-corrected chi connectivity index (χ3v) is 4.33. The van der Waals surface area contributed by atoms with E-state index in [1.165, 1.54) is 0 Å². The third kappa shape index (κ3) is 1.98. The smallest absolute Gasteiger partial charge is 0.337 e. The van der Waals surface area contributed by atoms with Crippen molar-refractivity contribution in [3.8, 4) is 0 Å². The van der Waals surface area contributed by atoms with Crippen molar-refractivity contribution in [2.45, 2.75) is 19.9 Å². The molecule has 0 saturated heterocycles. The van der Waals surface area contributed by atoms with E-state index in [2.05, 4.69) is 9.97 Å². The van der Waals surface area contributed by atoms with Crippen molar-refractivity contribution < 1.29 is 9.90 Å². The van der Waals surface area contributed by atoms with Crippen LogP contribution in [0, 0.1) is 6.92 Å². The first-order chi connectivity index (χ1) is 9.58. The summed E-state index contributed by atoms with van der Waals surface area (Å²) in [7, 11) is 0. The Morgan fingerprint density at radius 3 is 2.85 bits per heavy atom. The van der Waals surface area contributed by atoms with Crippen LogP contribution in [-0.4, -0.2) is 25.6 Å². The number of hydrogen-bond donors (Lipinski definition) is 1. The topological polar surface area (TPSA) is 68.0 Å². The van der Waals surface area contributed by atoms with Crippen molar-refractivity contribution in [1.82, 2.24) is 14.5 Å². The average molecular weight is 287 g/mol. The largest absolute Gasteiger partial charge is 0.478 e. The van der Waals surface area contributed by atoms with Crippen LogP contribution in [0.4, 0.5) is 0 Å². The number of nitrogens with zero attached hydrogens (tertiary/aromatic N) is 3. The van der Waals surface area contributed by atoms with Gasteiger partial charge in [0, 0.05) is 11.1 Å². The maximum Gasteiger partial charge on any atom is 0.337 e. The fourth-order valence-corrected chi connectivity index (χ4v) is 3.05. The van der Waals surface area contributed by atoms with E-state index in [1.54, 1.807) is 29.8 Å². The molecule has 1 unspecified atom stereocenters. The number of carbonyl (C=O) groups is 1. The van der Waals surface area contributed by atoms with Crippen LogP contribution in [0.15, 0.2) is 30.7 Å². The molecule has 1 N–H and O–H groups in total. The molecule has 1 atom stereocenters. The highest BCUT2D eigenvalue weighted by molar-refractivity contribution is 7.11. The summed E-state index contributed by atoms with van der Waals surface area (Å²) in [5, 5.41) is 10.2. The van der Waals surface area contributed by atoms with Crippen LogP contribution in [0.3, 0.4) is 0 Å². The molecule has 2 heterocycles. The summed E-state index contributed by atoms with van der Waals surface area (Å²) in [6, 6.07) is 5.22. The van der Waals surface area contributed by atoms with Crippen LogP contribution in [0.2, 0.25) is 0 Å². The van der Waals surface area contributed by atoms with Gasteiger partial charge in [-0.25, -0.2) is 14.8 Å². The van der Waals surface area contributed by atoms with Gasteiger partial charge in [0.15, 0.2) is 0 Å². The second-order valence-electron chi connectivity index (χ2n) is 4.62. The summed E-state index contributed by atoms with van der Waals surface area (Å²) in [5.74, 6) is -0.960. The number of thiazole rings is 1. The molecule has 0 bridgehead atoms. The number of fused-ring (bicyclic) bond motifs is 1. The second kappa shape index (κ2) is 4.72. The number of aromatic carboxylic acids is 1. The Morgan fingerprint density at radius 2 is 2.20 bits per heavy atom. The Bertz CT molecular complexity index is 791. The van der Waals surface area contributed by atoms with Gasteiger partial charge < -0.3 is 9.67 Å². The zero-order valence-electron chi connectivity index (χ0n) is 11.1. The number of carboxylic acid groups (broad SMARTS) is 1. The predicted molar refractivity (Wildman–Crippen MR) is 77.4 cm³/mol. The van der Waals surface area contributed by atoms with E-state index in [9.17, 15) is 9.90 Å². The Balaban J connectivity index is 2.13. The van der Waals surface area contributed by atoms with Crippen LogP contribution in [-0.2, 0) is 0 Å². The number of carboxylic acids is 1. The fraction of sp³-hybridized carbons (Fsp3) is 0.214. The van der Waals surface area contributed by atoms with Crippen molar-refractivity contribution in [3.63, 3.8) is 0 Å². The zero-order chi connectivity index (χ0) is 14.3. The molecule has 0 aliphatic heterocycles. The van der Waals surface area contributed by atoms with Gasteiger partial charge in [0.05, 0.1) is 23.4 Å². The van der Waals surface area contributed by atoms with Gasteiger partial charge in [-0.2, -0.15) is 0 Å². The molecular formula is C14H13N3O2S. The van der Waals surface area contributed by atoms with Crippen molar-refractivity contribution in [3.05, 3.63) is 46.2 Å². The summed E-state index contributed by atoms with van der Waals surface area (Å²) in [6.45, 7) is 4.05. The van der Waals surface area contributed by atoms with E-state index in [-0.39, 0.29) is 11.6 Å². The maximum atomic E-state index is 11.2. The molecule has 6 heteroatoms. The van der Waals surface area contributed by atoms with Gasteiger partial charge in [0.2, 0.25) is 0 Å². The SMILES string of the molecule is Cc1cnc(C(C)n2cnc3c(C(=O)O)cccc32)s1. The molecule has 5 nitrogen and oxygen atoms in total. The molecule has 0 fully saturated rings. The molecule has 20 heavy (non-hydrogen) atoms. The van der Waals surface area contributed by atoms with Crippen LogP contribution < -0.4 is 0 Å². The molecule has 0 aliphatic rings. The summed E-state index contributed by atoms with van der Waals surface area (Å²) < 4.78 is 1.96.